The molecular weight excluding hydrogens is 412 g/mol. The van der Waals surface area contributed by atoms with E-state index in [1.54, 1.807) is 0 Å². The van der Waals surface area contributed by atoms with E-state index >= 15 is 0 Å². The number of aryl methyl sites for hydroxylation is 2. The van der Waals surface area contributed by atoms with Crippen LogP contribution >= 0.6 is 11.8 Å². The second kappa shape index (κ2) is 8.33. The Bertz CT molecular complexity index is 1140. The monoisotopic (exact) mass is 428 g/mol. The van der Waals surface area contributed by atoms with Gasteiger partial charge < -0.3 is 10.1 Å². The number of nitrogens with one attached hydrogen (secondary N) is 1. The first-order valence-electron chi connectivity index (χ1n) is 8.57. The highest BCUT2D eigenvalue weighted by atomic mass is 32.2. The van der Waals surface area contributed by atoms with Gasteiger partial charge in [-0.1, -0.05) is 12.1 Å². The van der Waals surface area contributed by atoms with Gasteiger partial charge in [0.25, 0.3) is 11.6 Å². The van der Waals surface area contributed by atoms with Crippen molar-refractivity contribution in [3.8, 4) is 5.75 Å². The van der Waals surface area contributed by atoms with Gasteiger partial charge in [0.2, 0.25) is 5.75 Å². The zero-order valence-corrected chi connectivity index (χ0v) is 17.0. The van der Waals surface area contributed by atoms with Crippen LogP contribution in [0.25, 0.3) is 6.08 Å². The van der Waals surface area contributed by atoms with E-state index in [9.17, 15) is 25.0 Å². The highest BCUT2D eigenvalue weighted by molar-refractivity contribution is 8.18. The largest absolute Gasteiger partial charge is 0.490 e. The number of carbonyl (C=O) groups is 1. The number of carbonyl (C=O) groups excluding carboxylic acids is 1. The molecule has 0 aromatic heterocycles. The third kappa shape index (κ3) is 4.30. The molecule has 3 rings (SSSR count). The molecule has 0 radical (unpaired) electrons. The van der Waals surface area contributed by atoms with Crippen LogP contribution in [0, 0.1) is 34.1 Å². The number of hydrogen-bond donors (Lipinski definition) is 1. The number of methoxy groups -OCH3 is 1. The van der Waals surface area contributed by atoms with Gasteiger partial charge in [0.1, 0.15) is 0 Å². The van der Waals surface area contributed by atoms with Crippen LogP contribution in [-0.4, -0.2) is 28.0 Å². The number of hydrogen-bond acceptors (Lipinski definition) is 8. The Kier molecular flexibility index (Phi) is 5.83. The Morgan fingerprint density at radius 1 is 1.13 bits per heavy atom. The number of nitro benzene ring substituents is 2. The van der Waals surface area contributed by atoms with Crippen molar-refractivity contribution in [2.24, 2.45) is 4.99 Å². The van der Waals surface area contributed by atoms with Crippen molar-refractivity contribution in [3.63, 3.8) is 0 Å². The van der Waals surface area contributed by atoms with Gasteiger partial charge in [0.05, 0.1) is 33.6 Å². The molecule has 2 aromatic rings. The summed E-state index contributed by atoms with van der Waals surface area (Å²) >= 11 is 1.03. The topological polar surface area (TPSA) is 137 Å². The molecule has 1 N–H and O–H groups in total. The quantitative estimate of drug-likeness (QED) is 0.431. The zero-order valence-electron chi connectivity index (χ0n) is 16.2. The molecule has 0 bridgehead atoms. The zero-order chi connectivity index (χ0) is 22.0. The molecule has 10 nitrogen and oxygen atoms in total. The number of rotatable bonds is 5. The van der Waals surface area contributed by atoms with Gasteiger partial charge in [-0.25, -0.2) is 4.99 Å². The number of thioether (sulfide) groups is 1. The Morgan fingerprint density at radius 3 is 2.50 bits per heavy atom. The molecule has 154 valence electrons. The van der Waals surface area contributed by atoms with Crippen molar-refractivity contribution < 1.29 is 19.4 Å². The number of nitro groups is 2. The molecule has 30 heavy (non-hydrogen) atoms. The van der Waals surface area contributed by atoms with Crippen LogP contribution in [0.5, 0.6) is 5.75 Å². The van der Waals surface area contributed by atoms with Crippen LogP contribution < -0.4 is 10.1 Å². The third-order valence-electron chi connectivity index (χ3n) is 4.22. The Labute approximate surface area is 174 Å². The van der Waals surface area contributed by atoms with Crippen molar-refractivity contribution in [1.29, 1.82) is 0 Å². The lowest BCUT2D eigenvalue weighted by atomic mass is 10.1. The summed E-state index contributed by atoms with van der Waals surface area (Å²) in [6.45, 7) is 3.82. The number of amides is 1. The fourth-order valence-electron chi connectivity index (χ4n) is 2.76. The second-order valence-electron chi connectivity index (χ2n) is 6.37. The maximum atomic E-state index is 12.4. The van der Waals surface area contributed by atoms with Gasteiger partial charge >= 0.3 is 5.69 Å². The second-order valence-corrected chi connectivity index (χ2v) is 7.40. The van der Waals surface area contributed by atoms with E-state index in [1.165, 1.54) is 13.2 Å². The third-order valence-corrected chi connectivity index (χ3v) is 5.13. The maximum absolute atomic E-state index is 12.4. The average molecular weight is 428 g/mol. The summed E-state index contributed by atoms with van der Waals surface area (Å²) in [4.78, 5) is 37.9. The summed E-state index contributed by atoms with van der Waals surface area (Å²) in [5.74, 6) is -0.647. The highest BCUT2D eigenvalue weighted by Gasteiger charge is 2.28. The lowest BCUT2D eigenvalue weighted by Gasteiger charge is -2.06. The van der Waals surface area contributed by atoms with E-state index in [2.05, 4.69) is 10.3 Å². The number of ether oxygens (including phenoxy) is 1. The molecule has 11 heteroatoms. The van der Waals surface area contributed by atoms with Gasteiger partial charge in [0.15, 0.2) is 5.17 Å². The number of amidine groups is 1. The predicted molar refractivity (Wildman–Crippen MR) is 113 cm³/mol. The molecule has 1 fully saturated rings. The first kappa shape index (κ1) is 21.0. The fourth-order valence-corrected chi connectivity index (χ4v) is 3.59. The average Bonchev–Trinajstić information content (AvgIpc) is 3.02. The molecule has 1 amide bonds. The summed E-state index contributed by atoms with van der Waals surface area (Å²) in [5, 5.41) is 25.4. The standard InChI is InChI=1S/C19H16N4O6S/c1-10-4-5-11(2)14(6-10)20-19-21-18(24)16(30-19)8-12-7-13(22(25)26)9-15(23(27)28)17(12)29-3/h4-9H,1-3H3,(H,20,21,24)/b16-8-. The molecule has 2 aromatic carbocycles. The van der Waals surface area contributed by atoms with E-state index in [1.807, 2.05) is 32.0 Å². The van der Waals surface area contributed by atoms with Gasteiger partial charge in [0, 0.05) is 11.6 Å². The molecular formula is C19H16N4O6S. The van der Waals surface area contributed by atoms with Crippen molar-refractivity contribution in [1.82, 2.24) is 5.32 Å². The summed E-state index contributed by atoms with van der Waals surface area (Å²) in [5.41, 5.74) is 1.63. The first-order valence-corrected chi connectivity index (χ1v) is 9.39. The Morgan fingerprint density at radius 2 is 1.87 bits per heavy atom. The van der Waals surface area contributed by atoms with Crippen LogP contribution in [0.2, 0.25) is 0 Å². The summed E-state index contributed by atoms with van der Waals surface area (Å²) in [6.07, 6.45) is 1.31. The van der Waals surface area contributed by atoms with Crippen molar-refractivity contribution in [2.45, 2.75) is 13.8 Å². The van der Waals surface area contributed by atoms with Crippen molar-refractivity contribution in [2.75, 3.05) is 7.11 Å². The normalized spacial score (nSPS) is 16.0. The fraction of sp³-hybridized carbons (Fsp3) is 0.158. The molecule has 1 aliphatic rings. The minimum absolute atomic E-state index is 0.0454. The number of aliphatic imine (C=N–C) groups is 1. The maximum Gasteiger partial charge on any atom is 0.318 e. The Hall–Kier alpha value is -3.73. The van der Waals surface area contributed by atoms with Crippen LogP contribution in [0.4, 0.5) is 17.1 Å². The molecule has 0 saturated carbocycles. The number of nitrogens with zero attached hydrogens (tertiary/aromatic N) is 3. The molecule has 1 saturated heterocycles. The van der Waals surface area contributed by atoms with Gasteiger partial charge in [-0.2, -0.15) is 0 Å². The number of benzene rings is 2. The molecule has 0 aliphatic carbocycles. The molecule has 0 unspecified atom stereocenters. The van der Waals surface area contributed by atoms with Crippen LogP contribution in [0.1, 0.15) is 16.7 Å². The minimum atomic E-state index is -0.775. The van der Waals surface area contributed by atoms with Crippen LogP contribution in [-0.2, 0) is 4.79 Å². The molecule has 0 atom stereocenters. The molecule has 1 heterocycles. The lowest BCUT2D eigenvalue weighted by Crippen LogP contribution is -2.19. The smallest absolute Gasteiger partial charge is 0.318 e. The summed E-state index contributed by atoms with van der Waals surface area (Å²) < 4.78 is 5.09. The highest BCUT2D eigenvalue weighted by Crippen LogP contribution is 2.38. The van der Waals surface area contributed by atoms with E-state index in [0.717, 1.165) is 35.0 Å². The van der Waals surface area contributed by atoms with Gasteiger partial charge in [-0.05, 0) is 48.9 Å². The van der Waals surface area contributed by atoms with Gasteiger partial charge in [-0.3, -0.25) is 25.0 Å². The van der Waals surface area contributed by atoms with E-state index in [-0.39, 0.29) is 16.2 Å². The molecule has 0 spiro atoms. The first-order chi connectivity index (χ1) is 14.2. The molecule has 1 aliphatic heterocycles. The van der Waals surface area contributed by atoms with Crippen molar-refractivity contribution >= 4 is 46.0 Å². The summed E-state index contributed by atoms with van der Waals surface area (Å²) in [6, 6.07) is 7.68. The SMILES string of the molecule is COc1c(/C=C2\SC(=Nc3cc(C)ccc3C)NC2=O)cc([N+](=O)[O-])cc1[N+](=O)[O-]. The predicted octanol–water partition coefficient (Wildman–Crippen LogP) is 4.02. The lowest BCUT2D eigenvalue weighted by molar-refractivity contribution is -0.394. The van der Waals surface area contributed by atoms with E-state index in [0.29, 0.717) is 10.9 Å². The number of non-ortho nitro benzene ring substituents is 1. The van der Waals surface area contributed by atoms with E-state index < -0.39 is 27.1 Å². The summed E-state index contributed by atoms with van der Waals surface area (Å²) in [7, 11) is 1.21. The minimum Gasteiger partial charge on any atom is -0.490 e. The van der Waals surface area contributed by atoms with E-state index in [4.69, 9.17) is 4.74 Å². The van der Waals surface area contributed by atoms with Crippen LogP contribution in [0.3, 0.4) is 0 Å². The van der Waals surface area contributed by atoms with Crippen LogP contribution in [0.15, 0.2) is 40.2 Å². The van der Waals surface area contributed by atoms with Crippen molar-refractivity contribution in [3.05, 3.63) is 72.2 Å². The Balaban J connectivity index is 2.04. The van der Waals surface area contributed by atoms with Gasteiger partial charge in [-0.15, -0.1) is 0 Å².